The Morgan fingerprint density at radius 1 is 0.941 bits per heavy atom. The van der Waals surface area contributed by atoms with Gasteiger partial charge in [-0.15, -0.1) is 0 Å². The van der Waals surface area contributed by atoms with Crippen LogP contribution in [0.2, 0.25) is 5.02 Å². The molecular weight excluding hydrogens is 700 g/mol. The molecule has 0 spiro atoms. The summed E-state index contributed by atoms with van der Waals surface area (Å²) in [5.41, 5.74) is -1.43. The standard InChI is InChI=1S/C34H36ClF6N9O/c1-4-27-14-28(20-49(27)30-29(35)17-44-32(45-30)48-9-7-47(8-10-48)21(2)51)50(31-42-15-24(16-43-31)23-5-6-46(3)19-23)18-22-11-25(33(36,37)38)13-26(12-22)34(39,40)41/h5-6,11-13,15-17,19,27-28H,4,7-10,14,18,20H2,1-3H3. The van der Waals surface area contributed by atoms with E-state index >= 15 is 0 Å². The van der Waals surface area contributed by atoms with Gasteiger partial charge in [-0.05, 0) is 42.7 Å². The van der Waals surface area contributed by atoms with E-state index in [1.54, 1.807) is 22.2 Å². The first-order chi connectivity index (χ1) is 24.1. The number of halogens is 7. The zero-order chi connectivity index (χ0) is 36.7. The third kappa shape index (κ3) is 8.00. The third-order valence-electron chi connectivity index (χ3n) is 9.36. The number of alkyl halides is 6. The number of aryl methyl sites for hydroxylation is 1. The van der Waals surface area contributed by atoms with Gasteiger partial charge in [0.15, 0.2) is 5.82 Å². The Hall–Kier alpha value is -4.60. The highest BCUT2D eigenvalue weighted by molar-refractivity contribution is 6.32. The molecule has 0 aliphatic carbocycles. The van der Waals surface area contributed by atoms with Gasteiger partial charge in [0.05, 0.1) is 23.4 Å². The zero-order valence-corrected chi connectivity index (χ0v) is 28.8. The number of carbonyl (C=O) groups excluding carboxylic acids is 1. The molecule has 2 atom stereocenters. The SMILES string of the molecule is CCC1CC(N(Cc2cc(C(F)(F)F)cc(C(F)(F)F)c2)c2ncc(-c3ccn(C)c3)cn2)CN1c1nc(N2CCN(C(C)=O)CC2)ncc1Cl. The number of piperazine rings is 1. The van der Waals surface area contributed by atoms with Crippen molar-refractivity contribution < 1.29 is 31.1 Å². The maximum absolute atomic E-state index is 13.8. The molecule has 3 aromatic heterocycles. The van der Waals surface area contributed by atoms with Gasteiger partial charge in [0.2, 0.25) is 17.8 Å². The summed E-state index contributed by atoms with van der Waals surface area (Å²) in [7, 11) is 1.86. The molecule has 5 heterocycles. The predicted molar refractivity (Wildman–Crippen MR) is 180 cm³/mol. The lowest BCUT2D eigenvalue weighted by atomic mass is 10.0. The van der Waals surface area contributed by atoms with Crippen molar-refractivity contribution in [2.24, 2.45) is 7.05 Å². The zero-order valence-electron chi connectivity index (χ0n) is 28.1. The van der Waals surface area contributed by atoms with Crippen molar-refractivity contribution in [2.75, 3.05) is 47.4 Å². The Morgan fingerprint density at radius 2 is 1.59 bits per heavy atom. The topological polar surface area (TPSA) is 86.5 Å². The molecule has 0 saturated carbocycles. The van der Waals surface area contributed by atoms with Gasteiger partial charge < -0.3 is 24.2 Å². The van der Waals surface area contributed by atoms with Crippen molar-refractivity contribution in [1.82, 2.24) is 29.4 Å². The monoisotopic (exact) mass is 735 g/mol. The van der Waals surface area contributed by atoms with E-state index in [1.165, 1.54) is 13.1 Å². The second-order valence-corrected chi connectivity index (χ2v) is 13.2. The van der Waals surface area contributed by atoms with Crippen LogP contribution in [0.4, 0.5) is 44.1 Å². The second kappa shape index (κ2) is 14.2. The highest BCUT2D eigenvalue weighted by Gasteiger charge is 2.40. The summed E-state index contributed by atoms with van der Waals surface area (Å²) in [6.45, 7) is 5.55. The van der Waals surface area contributed by atoms with Crippen LogP contribution in [0, 0.1) is 0 Å². The first-order valence-electron chi connectivity index (χ1n) is 16.4. The molecule has 2 fully saturated rings. The van der Waals surface area contributed by atoms with E-state index in [9.17, 15) is 31.1 Å². The number of rotatable bonds is 8. The van der Waals surface area contributed by atoms with E-state index in [-0.39, 0.29) is 42.6 Å². The minimum absolute atomic E-state index is 0.00994. The van der Waals surface area contributed by atoms with Gasteiger partial charge in [0, 0.05) is 95.2 Å². The van der Waals surface area contributed by atoms with Gasteiger partial charge in [0.1, 0.15) is 5.02 Å². The predicted octanol–water partition coefficient (Wildman–Crippen LogP) is 6.70. The van der Waals surface area contributed by atoms with Crippen molar-refractivity contribution in [1.29, 1.82) is 0 Å². The number of hydrogen-bond acceptors (Lipinski definition) is 8. The molecule has 2 aliphatic heterocycles. The summed E-state index contributed by atoms with van der Waals surface area (Å²) >= 11 is 6.68. The summed E-state index contributed by atoms with van der Waals surface area (Å²) in [5, 5.41) is 0.294. The van der Waals surface area contributed by atoms with E-state index < -0.39 is 29.5 Å². The van der Waals surface area contributed by atoms with E-state index in [2.05, 4.69) is 15.0 Å². The number of amides is 1. The van der Waals surface area contributed by atoms with Crippen molar-refractivity contribution in [3.05, 3.63) is 77.0 Å². The highest BCUT2D eigenvalue weighted by atomic mass is 35.5. The Labute approximate surface area is 295 Å². The largest absolute Gasteiger partial charge is 0.416 e. The maximum Gasteiger partial charge on any atom is 0.416 e. The summed E-state index contributed by atoms with van der Waals surface area (Å²) in [6, 6.07) is 2.89. The number of carbonyl (C=O) groups is 1. The molecule has 1 amide bonds. The summed E-state index contributed by atoms with van der Waals surface area (Å²) < 4.78 is 84.9. The van der Waals surface area contributed by atoms with Crippen LogP contribution < -0.4 is 14.7 Å². The molecular formula is C34H36ClF6N9O. The lowest BCUT2D eigenvalue weighted by Crippen LogP contribution is -2.48. The fourth-order valence-corrected chi connectivity index (χ4v) is 6.85. The lowest BCUT2D eigenvalue weighted by Gasteiger charge is -2.35. The van der Waals surface area contributed by atoms with Gasteiger partial charge in [-0.25, -0.2) is 15.0 Å². The van der Waals surface area contributed by atoms with Crippen molar-refractivity contribution in [3.8, 4) is 11.1 Å². The Morgan fingerprint density at radius 3 is 2.14 bits per heavy atom. The van der Waals surface area contributed by atoms with Crippen LogP contribution in [0.25, 0.3) is 11.1 Å². The molecule has 0 bridgehead atoms. The third-order valence-corrected chi connectivity index (χ3v) is 9.62. The number of aromatic nitrogens is 5. The number of anilines is 3. The number of nitrogens with zero attached hydrogens (tertiary/aromatic N) is 9. The van der Waals surface area contributed by atoms with Crippen LogP contribution in [0.1, 0.15) is 43.4 Å². The van der Waals surface area contributed by atoms with Crippen LogP contribution in [0.3, 0.4) is 0 Å². The van der Waals surface area contributed by atoms with Gasteiger partial charge in [-0.2, -0.15) is 31.3 Å². The second-order valence-electron chi connectivity index (χ2n) is 12.8. The minimum Gasteiger partial charge on any atom is -0.357 e. The molecule has 2 saturated heterocycles. The van der Waals surface area contributed by atoms with Gasteiger partial charge in [-0.1, -0.05) is 18.5 Å². The molecule has 2 aliphatic rings. The quantitative estimate of drug-likeness (QED) is 0.185. The summed E-state index contributed by atoms with van der Waals surface area (Å²) in [5.74, 6) is 1.05. The van der Waals surface area contributed by atoms with Gasteiger partial charge in [-0.3, -0.25) is 4.79 Å². The Bertz CT molecular complexity index is 1830. The van der Waals surface area contributed by atoms with Crippen LogP contribution >= 0.6 is 11.6 Å². The summed E-state index contributed by atoms with van der Waals surface area (Å²) in [4.78, 5) is 37.6. The van der Waals surface area contributed by atoms with Crippen molar-refractivity contribution >= 4 is 35.2 Å². The molecule has 0 radical (unpaired) electrons. The molecule has 4 aromatic rings. The first kappa shape index (κ1) is 36.2. The van der Waals surface area contributed by atoms with E-state index in [1.807, 2.05) is 46.8 Å². The molecule has 17 heteroatoms. The highest BCUT2D eigenvalue weighted by Crippen LogP contribution is 2.39. The van der Waals surface area contributed by atoms with E-state index in [0.717, 1.165) is 17.7 Å². The molecule has 272 valence electrons. The molecule has 0 N–H and O–H groups in total. The Balaban J connectivity index is 1.35. The summed E-state index contributed by atoms with van der Waals surface area (Å²) in [6.07, 6.45) is -0.454. The Kier molecular flexibility index (Phi) is 10.1. The molecule has 10 nitrogen and oxygen atoms in total. The van der Waals surface area contributed by atoms with Crippen LogP contribution in [-0.4, -0.2) is 80.1 Å². The minimum atomic E-state index is -4.99. The average Bonchev–Trinajstić information content (AvgIpc) is 3.73. The number of benzene rings is 1. The molecule has 1 aromatic carbocycles. The molecule has 51 heavy (non-hydrogen) atoms. The van der Waals surface area contributed by atoms with E-state index in [4.69, 9.17) is 16.6 Å². The first-order valence-corrected chi connectivity index (χ1v) is 16.8. The molecule has 6 rings (SSSR count). The van der Waals surface area contributed by atoms with Crippen LogP contribution in [0.5, 0.6) is 0 Å². The smallest absolute Gasteiger partial charge is 0.357 e. The number of hydrogen-bond donors (Lipinski definition) is 0. The van der Waals surface area contributed by atoms with Crippen LogP contribution in [-0.2, 0) is 30.7 Å². The van der Waals surface area contributed by atoms with Gasteiger partial charge >= 0.3 is 12.4 Å². The fourth-order valence-electron chi connectivity index (χ4n) is 6.65. The lowest BCUT2D eigenvalue weighted by molar-refractivity contribution is -0.143. The normalized spacial score (nSPS) is 18.4. The maximum atomic E-state index is 13.8. The van der Waals surface area contributed by atoms with Gasteiger partial charge in [0.25, 0.3) is 0 Å². The van der Waals surface area contributed by atoms with E-state index in [0.29, 0.717) is 61.4 Å². The van der Waals surface area contributed by atoms with Crippen molar-refractivity contribution in [3.63, 3.8) is 0 Å². The average molecular weight is 736 g/mol. The molecule has 2 unspecified atom stereocenters. The fraction of sp³-hybridized carbons (Fsp3) is 0.441. The van der Waals surface area contributed by atoms with Crippen molar-refractivity contribution in [2.45, 2.75) is 57.7 Å². The van der Waals surface area contributed by atoms with Crippen LogP contribution in [0.15, 0.2) is 55.2 Å².